The first kappa shape index (κ1) is 16.3. The largest absolute Gasteiger partial charge is 0.370 e. The van der Waals surface area contributed by atoms with E-state index in [-0.39, 0.29) is 24.4 Å². The Labute approximate surface area is 148 Å². The third-order valence-corrected chi connectivity index (χ3v) is 4.69. The first-order valence-electron chi connectivity index (χ1n) is 8.62. The number of rotatable bonds is 8. The van der Waals surface area contributed by atoms with Gasteiger partial charge < -0.3 is 14.2 Å². The quantitative estimate of drug-likeness (QED) is 0.663. The van der Waals surface area contributed by atoms with Crippen molar-refractivity contribution in [3.63, 3.8) is 0 Å². The Bertz CT molecular complexity index is 674. The zero-order valence-corrected chi connectivity index (χ0v) is 14.1. The van der Waals surface area contributed by atoms with E-state index in [1.807, 2.05) is 12.2 Å². The lowest BCUT2D eigenvalue weighted by molar-refractivity contribution is -0.0419. The minimum atomic E-state index is -0.0906. The summed E-state index contributed by atoms with van der Waals surface area (Å²) >= 11 is 0. The lowest BCUT2D eigenvalue weighted by Crippen LogP contribution is -2.19. The van der Waals surface area contributed by atoms with Gasteiger partial charge in [-0.1, -0.05) is 73.8 Å². The number of hydrogen-bond donors (Lipinski definition) is 0. The highest BCUT2D eigenvalue weighted by Gasteiger charge is 2.42. The van der Waals surface area contributed by atoms with Crippen LogP contribution in [0.1, 0.15) is 34.5 Å². The molecule has 2 saturated heterocycles. The van der Waals surface area contributed by atoms with Gasteiger partial charge in [-0.25, -0.2) is 0 Å². The highest BCUT2D eigenvalue weighted by atomic mass is 16.6. The molecule has 2 fully saturated rings. The molecule has 25 heavy (non-hydrogen) atoms. The molecule has 0 amide bonds. The Kier molecular flexibility index (Phi) is 4.53. The summed E-state index contributed by atoms with van der Waals surface area (Å²) in [5.41, 5.74) is 4.45. The Morgan fingerprint density at radius 3 is 1.40 bits per heavy atom. The second kappa shape index (κ2) is 6.96. The molecule has 128 valence electrons. The van der Waals surface area contributed by atoms with Gasteiger partial charge in [0.05, 0.1) is 13.2 Å². The molecule has 2 aromatic carbocycles. The maximum atomic E-state index is 6.52. The molecule has 0 radical (unpaired) electrons. The van der Waals surface area contributed by atoms with Crippen molar-refractivity contribution in [3.05, 3.63) is 83.9 Å². The summed E-state index contributed by atoms with van der Waals surface area (Å²) in [4.78, 5) is 0. The summed E-state index contributed by atoms with van der Waals surface area (Å²) in [6.45, 7) is 9.09. The summed E-state index contributed by atoms with van der Waals surface area (Å²) in [6, 6.07) is 16.6. The third-order valence-electron chi connectivity index (χ3n) is 4.69. The summed E-state index contributed by atoms with van der Waals surface area (Å²) in [5, 5.41) is 0. The van der Waals surface area contributed by atoms with Crippen LogP contribution in [0.5, 0.6) is 0 Å². The summed E-state index contributed by atoms with van der Waals surface area (Å²) in [5.74, 6) is 0. The first-order chi connectivity index (χ1) is 12.3. The highest BCUT2D eigenvalue weighted by Crippen LogP contribution is 2.40. The van der Waals surface area contributed by atoms with E-state index in [4.69, 9.17) is 14.2 Å². The lowest BCUT2D eigenvalue weighted by atomic mass is 10.0. The van der Waals surface area contributed by atoms with Crippen LogP contribution in [0.15, 0.2) is 61.7 Å². The molecule has 0 aromatic heterocycles. The van der Waals surface area contributed by atoms with Crippen molar-refractivity contribution < 1.29 is 14.2 Å². The van der Waals surface area contributed by atoms with Crippen LogP contribution in [0.25, 0.3) is 12.2 Å². The van der Waals surface area contributed by atoms with Crippen molar-refractivity contribution >= 4 is 12.2 Å². The van der Waals surface area contributed by atoms with Gasteiger partial charge in [0.1, 0.15) is 24.4 Å². The number of benzene rings is 2. The Morgan fingerprint density at radius 2 is 1.12 bits per heavy atom. The fourth-order valence-electron chi connectivity index (χ4n) is 3.02. The zero-order chi connectivity index (χ0) is 17.2. The molecule has 0 N–H and O–H groups in total. The van der Waals surface area contributed by atoms with E-state index in [0.717, 1.165) is 35.5 Å². The van der Waals surface area contributed by atoms with Crippen molar-refractivity contribution in [2.24, 2.45) is 0 Å². The van der Waals surface area contributed by atoms with Gasteiger partial charge in [0, 0.05) is 0 Å². The van der Waals surface area contributed by atoms with E-state index in [0.29, 0.717) is 0 Å². The maximum Gasteiger partial charge on any atom is 0.112 e. The minimum Gasteiger partial charge on any atom is -0.370 e. The molecule has 4 atom stereocenters. The maximum absolute atomic E-state index is 6.52. The van der Waals surface area contributed by atoms with E-state index >= 15 is 0 Å². The molecule has 3 heteroatoms. The molecule has 4 unspecified atom stereocenters. The molecule has 4 rings (SSSR count). The SMILES string of the molecule is C=Cc1ccc(C(OC(c2ccc(C=C)cc2)C2CO2)C2CO2)cc1. The van der Waals surface area contributed by atoms with Crippen LogP contribution in [0.4, 0.5) is 0 Å². The van der Waals surface area contributed by atoms with E-state index in [9.17, 15) is 0 Å². The van der Waals surface area contributed by atoms with Gasteiger partial charge in [0.25, 0.3) is 0 Å². The van der Waals surface area contributed by atoms with Crippen molar-refractivity contribution in [2.45, 2.75) is 24.4 Å². The Hall–Kier alpha value is -2.20. The van der Waals surface area contributed by atoms with Gasteiger partial charge in [-0.3, -0.25) is 0 Å². The highest BCUT2D eigenvalue weighted by molar-refractivity contribution is 5.48. The third kappa shape index (κ3) is 3.74. The fraction of sp³-hybridized carbons (Fsp3) is 0.273. The van der Waals surface area contributed by atoms with Crippen LogP contribution in [0.2, 0.25) is 0 Å². The number of epoxide rings is 2. The predicted molar refractivity (Wildman–Crippen MR) is 99.1 cm³/mol. The standard InChI is InChI=1S/C22H22O3/c1-3-15-5-9-17(10-6-15)21(19-13-23-19)25-22(20-14-24-20)18-11-7-16(4-2)8-12-18/h3-12,19-22H,1-2,13-14H2. The Balaban J connectivity index is 1.57. The number of hydrogen-bond acceptors (Lipinski definition) is 3. The van der Waals surface area contributed by atoms with Gasteiger partial charge in [-0.2, -0.15) is 0 Å². The lowest BCUT2D eigenvalue weighted by Gasteiger charge is -2.24. The second-order valence-electron chi connectivity index (χ2n) is 6.46. The molecule has 2 aromatic rings. The fourth-order valence-corrected chi connectivity index (χ4v) is 3.02. The molecular weight excluding hydrogens is 312 g/mol. The molecule has 0 aliphatic carbocycles. The van der Waals surface area contributed by atoms with Gasteiger partial charge in [-0.05, 0) is 22.3 Å². The molecule has 2 aliphatic rings. The van der Waals surface area contributed by atoms with E-state index < -0.39 is 0 Å². The van der Waals surface area contributed by atoms with Crippen molar-refractivity contribution in [1.82, 2.24) is 0 Å². The molecule has 0 saturated carbocycles. The van der Waals surface area contributed by atoms with Crippen LogP contribution in [-0.4, -0.2) is 25.4 Å². The van der Waals surface area contributed by atoms with Gasteiger partial charge >= 0.3 is 0 Å². The molecule has 2 heterocycles. The van der Waals surface area contributed by atoms with Crippen molar-refractivity contribution in [3.8, 4) is 0 Å². The normalized spacial score (nSPS) is 23.5. The number of ether oxygens (including phenoxy) is 3. The molecule has 0 bridgehead atoms. The van der Waals surface area contributed by atoms with Crippen molar-refractivity contribution in [2.75, 3.05) is 13.2 Å². The van der Waals surface area contributed by atoms with Crippen LogP contribution in [0.3, 0.4) is 0 Å². The summed E-state index contributed by atoms with van der Waals surface area (Å²) < 4.78 is 17.6. The summed E-state index contributed by atoms with van der Waals surface area (Å²) in [7, 11) is 0. The topological polar surface area (TPSA) is 34.3 Å². The monoisotopic (exact) mass is 334 g/mol. The Morgan fingerprint density at radius 1 is 0.760 bits per heavy atom. The minimum absolute atomic E-state index is 0.0906. The van der Waals surface area contributed by atoms with E-state index in [1.165, 1.54) is 0 Å². The zero-order valence-electron chi connectivity index (χ0n) is 14.1. The van der Waals surface area contributed by atoms with Gasteiger partial charge in [-0.15, -0.1) is 0 Å². The average molecular weight is 334 g/mol. The van der Waals surface area contributed by atoms with Gasteiger partial charge in [0.2, 0.25) is 0 Å². The van der Waals surface area contributed by atoms with Crippen LogP contribution in [0, 0.1) is 0 Å². The molecule has 2 aliphatic heterocycles. The second-order valence-corrected chi connectivity index (χ2v) is 6.46. The van der Waals surface area contributed by atoms with Crippen LogP contribution >= 0.6 is 0 Å². The van der Waals surface area contributed by atoms with E-state index in [2.05, 4.69) is 61.7 Å². The van der Waals surface area contributed by atoms with E-state index in [1.54, 1.807) is 0 Å². The predicted octanol–water partition coefficient (Wildman–Crippen LogP) is 4.57. The van der Waals surface area contributed by atoms with Crippen molar-refractivity contribution in [1.29, 1.82) is 0 Å². The van der Waals surface area contributed by atoms with Gasteiger partial charge in [0.15, 0.2) is 0 Å². The smallest absolute Gasteiger partial charge is 0.112 e. The average Bonchev–Trinajstić information content (AvgIpc) is 3.56. The first-order valence-corrected chi connectivity index (χ1v) is 8.62. The molecule has 0 spiro atoms. The van der Waals surface area contributed by atoms with Crippen LogP contribution < -0.4 is 0 Å². The molecular formula is C22H22O3. The molecule has 3 nitrogen and oxygen atoms in total. The summed E-state index contributed by atoms with van der Waals surface area (Å²) in [6.07, 6.45) is 3.73. The van der Waals surface area contributed by atoms with Crippen LogP contribution in [-0.2, 0) is 14.2 Å².